The molecule has 0 bridgehead atoms. The Kier molecular flexibility index (Phi) is 4.91. The number of carbonyl (C=O) groups excluding carboxylic acids is 1. The first-order chi connectivity index (χ1) is 8.73. The molecular weight excluding hydrogens is 267 g/mol. The maximum absolute atomic E-state index is 11.8. The van der Waals surface area contributed by atoms with E-state index in [1.807, 2.05) is 30.3 Å². The van der Waals surface area contributed by atoms with E-state index >= 15 is 0 Å². The average Bonchev–Trinajstić information content (AvgIpc) is 2.36. The molecule has 0 heterocycles. The van der Waals surface area contributed by atoms with Gasteiger partial charge >= 0.3 is 13.6 Å². The van der Waals surface area contributed by atoms with Gasteiger partial charge in [0, 0.05) is 0 Å². The normalized spacial score (nSPS) is 16.5. The van der Waals surface area contributed by atoms with Gasteiger partial charge < -0.3 is 14.5 Å². The summed E-state index contributed by atoms with van der Waals surface area (Å²) in [7, 11) is -3.50. The zero-order valence-corrected chi connectivity index (χ0v) is 12.1. The van der Waals surface area contributed by atoms with Gasteiger partial charge in [-0.2, -0.15) is 0 Å². The van der Waals surface area contributed by atoms with Crippen molar-refractivity contribution in [2.24, 2.45) is 5.92 Å². The molecule has 0 aromatic heterocycles. The van der Waals surface area contributed by atoms with Crippen LogP contribution in [0.25, 0.3) is 0 Å². The van der Waals surface area contributed by atoms with Crippen molar-refractivity contribution in [1.82, 2.24) is 0 Å². The fourth-order valence-electron chi connectivity index (χ4n) is 1.98. The molecule has 1 rings (SSSR count). The molecule has 1 aromatic rings. The first-order valence-electron chi connectivity index (χ1n) is 5.91. The summed E-state index contributed by atoms with van der Waals surface area (Å²) in [6.45, 7) is 2.90. The van der Waals surface area contributed by atoms with E-state index in [0.717, 1.165) is 12.7 Å². The summed E-state index contributed by atoms with van der Waals surface area (Å²) in [5, 5.41) is -1.84. The van der Waals surface area contributed by atoms with E-state index < -0.39 is 24.6 Å². The van der Waals surface area contributed by atoms with E-state index in [4.69, 9.17) is 0 Å². The minimum Gasteiger partial charge on any atom is -0.468 e. The van der Waals surface area contributed by atoms with Crippen molar-refractivity contribution >= 4 is 13.6 Å². The summed E-state index contributed by atoms with van der Waals surface area (Å²) >= 11 is 0. The number of hydrogen-bond acceptors (Lipinski definition) is 3. The highest BCUT2D eigenvalue weighted by molar-refractivity contribution is 7.54. The summed E-state index contributed by atoms with van der Waals surface area (Å²) in [4.78, 5) is 30.8. The van der Waals surface area contributed by atoms with Crippen LogP contribution in [0.3, 0.4) is 0 Å². The van der Waals surface area contributed by atoms with Crippen LogP contribution in [0.15, 0.2) is 30.3 Å². The highest BCUT2D eigenvalue weighted by Crippen LogP contribution is 2.55. The van der Waals surface area contributed by atoms with Gasteiger partial charge in [-0.3, -0.25) is 9.36 Å². The molecule has 106 valence electrons. The van der Waals surface area contributed by atoms with E-state index in [1.54, 1.807) is 6.92 Å². The van der Waals surface area contributed by atoms with Crippen molar-refractivity contribution in [2.75, 3.05) is 7.11 Å². The van der Waals surface area contributed by atoms with Crippen LogP contribution in [-0.4, -0.2) is 28.0 Å². The van der Waals surface area contributed by atoms with Crippen LogP contribution < -0.4 is 0 Å². The predicted octanol–water partition coefficient (Wildman–Crippen LogP) is 1.97. The Bertz CT molecular complexity index is 481. The molecule has 2 N–H and O–H groups in total. The lowest BCUT2D eigenvalue weighted by Gasteiger charge is -2.33. The molecular formula is C13H19O5P. The van der Waals surface area contributed by atoms with Gasteiger partial charge in [0.2, 0.25) is 0 Å². The Morgan fingerprint density at radius 1 is 1.37 bits per heavy atom. The van der Waals surface area contributed by atoms with Crippen LogP contribution in [0.4, 0.5) is 0 Å². The summed E-state index contributed by atoms with van der Waals surface area (Å²) in [6.07, 6.45) is 0.386. The van der Waals surface area contributed by atoms with E-state index in [2.05, 4.69) is 4.74 Å². The first-order valence-corrected chi connectivity index (χ1v) is 7.52. The quantitative estimate of drug-likeness (QED) is 0.638. The lowest BCUT2D eigenvalue weighted by molar-refractivity contribution is -0.145. The highest BCUT2D eigenvalue weighted by atomic mass is 31.2. The molecule has 0 radical (unpaired) electrons. The number of ether oxygens (including phenoxy) is 1. The number of hydrogen-bond donors (Lipinski definition) is 2. The Morgan fingerprint density at radius 3 is 2.32 bits per heavy atom. The summed E-state index contributed by atoms with van der Waals surface area (Å²) in [6, 6.07) is 9.25. The Balaban J connectivity index is 3.06. The third kappa shape index (κ3) is 3.24. The summed E-state index contributed by atoms with van der Waals surface area (Å²) in [5.41, 5.74) is 0.915. The van der Waals surface area contributed by atoms with Crippen molar-refractivity contribution in [1.29, 1.82) is 0 Å². The maximum atomic E-state index is 11.8. The SMILES string of the molecule is COC(=O)C(C)(C(C)Cc1ccccc1)P(=O)(O)O. The Hall–Kier alpha value is -1.16. The van der Waals surface area contributed by atoms with Gasteiger partial charge in [-0.05, 0) is 24.8 Å². The van der Waals surface area contributed by atoms with Crippen molar-refractivity contribution < 1.29 is 23.9 Å². The van der Waals surface area contributed by atoms with Gasteiger partial charge in [0.05, 0.1) is 7.11 Å². The first kappa shape index (κ1) is 15.9. The van der Waals surface area contributed by atoms with Crippen molar-refractivity contribution in [3.8, 4) is 0 Å². The predicted molar refractivity (Wildman–Crippen MR) is 71.8 cm³/mol. The molecule has 0 saturated heterocycles. The van der Waals surface area contributed by atoms with Crippen molar-refractivity contribution in [3.05, 3.63) is 35.9 Å². The fraction of sp³-hybridized carbons (Fsp3) is 0.462. The monoisotopic (exact) mass is 286 g/mol. The molecule has 0 aliphatic carbocycles. The molecule has 19 heavy (non-hydrogen) atoms. The molecule has 0 aliphatic heterocycles. The number of benzene rings is 1. The topological polar surface area (TPSA) is 83.8 Å². The van der Waals surface area contributed by atoms with Crippen molar-refractivity contribution in [3.63, 3.8) is 0 Å². The summed E-state index contributed by atoms with van der Waals surface area (Å²) in [5.74, 6) is -1.44. The van der Waals surface area contributed by atoms with E-state index in [9.17, 15) is 19.1 Å². The molecule has 0 amide bonds. The largest absolute Gasteiger partial charge is 0.468 e. The molecule has 0 spiro atoms. The van der Waals surface area contributed by atoms with Gasteiger partial charge in [0.15, 0.2) is 5.16 Å². The van der Waals surface area contributed by atoms with Gasteiger partial charge in [-0.15, -0.1) is 0 Å². The second-order valence-electron chi connectivity index (χ2n) is 4.77. The van der Waals surface area contributed by atoms with Gasteiger partial charge in [0.25, 0.3) is 0 Å². The molecule has 0 saturated carbocycles. The number of carbonyl (C=O) groups is 1. The third-order valence-corrected chi connectivity index (χ3v) is 5.38. The lowest BCUT2D eigenvalue weighted by atomic mass is 9.88. The molecule has 0 fully saturated rings. The minimum atomic E-state index is -4.63. The van der Waals surface area contributed by atoms with Crippen LogP contribution >= 0.6 is 7.60 Å². The molecule has 1 aromatic carbocycles. The second-order valence-corrected chi connectivity index (χ2v) is 6.79. The van der Waals surface area contributed by atoms with Gasteiger partial charge in [-0.25, -0.2) is 0 Å². The Morgan fingerprint density at radius 2 is 1.89 bits per heavy atom. The zero-order chi connectivity index (χ0) is 14.7. The zero-order valence-electron chi connectivity index (χ0n) is 11.2. The van der Waals surface area contributed by atoms with Crippen LogP contribution in [0.1, 0.15) is 19.4 Å². The smallest absolute Gasteiger partial charge is 0.342 e. The maximum Gasteiger partial charge on any atom is 0.342 e. The minimum absolute atomic E-state index is 0.386. The number of methoxy groups -OCH3 is 1. The molecule has 6 heteroatoms. The molecule has 5 nitrogen and oxygen atoms in total. The standard InChI is InChI=1S/C13H19O5P/c1-10(9-11-7-5-4-6-8-11)13(2,12(14)18-3)19(15,16)17/h4-8,10H,9H2,1-3H3,(H2,15,16,17). The van der Waals surface area contributed by atoms with Gasteiger partial charge in [-0.1, -0.05) is 37.3 Å². The third-order valence-electron chi connectivity index (χ3n) is 3.55. The number of rotatable bonds is 5. The fourth-order valence-corrected chi connectivity index (χ4v) is 2.97. The van der Waals surface area contributed by atoms with Crippen LogP contribution in [0.2, 0.25) is 0 Å². The highest BCUT2D eigenvalue weighted by Gasteiger charge is 2.54. The second kappa shape index (κ2) is 5.87. The van der Waals surface area contributed by atoms with Crippen LogP contribution in [0, 0.1) is 5.92 Å². The average molecular weight is 286 g/mol. The lowest BCUT2D eigenvalue weighted by Crippen LogP contribution is -2.43. The molecule has 0 aliphatic rings. The Labute approximate surface area is 112 Å². The summed E-state index contributed by atoms with van der Waals surface area (Å²) < 4.78 is 16.2. The number of esters is 1. The van der Waals surface area contributed by atoms with E-state index in [0.29, 0.717) is 6.42 Å². The van der Waals surface area contributed by atoms with E-state index in [1.165, 1.54) is 6.92 Å². The van der Waals surface area contributed by atoms with Gasteiger partial charge in [0.1, 0.15) is 0 Å². The van der Waals surface area contributed by atoms with E-state index in [-0.39, 0.29) is 0 Å². The molecule has 2 atom stereocenters. The van der Waals surface area contributed by atoms with Crippen LogP contribution in [-0.2, 0) is 20.5 Å². The van der Waals surface area contributed by atoms with Crippen LogP contribution in [0.5, 0.6) is 0 Å². The molecule has 2 unspecified atom stereocenters. The van der Waals surface area contributed by atoms with Crippen molar-refractivity contribution in [2.45, 2.75) is 25.4 Å².